The summed E-state index contributed by atoms with van der Waals surface area (Å²) in [4.78, 5) is 0. The van der Waals surface area contributed by atoms with Crippen LogP contribution in [0.15, 0.2) is 12.4 Å². The monoisotopic (exact) mass is 193 g/mol. The van der Waals surface area contributed by atoms with E-state index in [0.29, 0.717) is 6.04 Å². The molecule has 0 saturated heterocycles. The highest BCUT2D eigenvalue weighted by atomic mass is 15.2. The van der Waals surface area contributed by atoms with Gasteiger partial charge in [0, 0.05) is 24.8 Å². The molecule has 2 rings (SSSR count). The zero-order valence-corrected chi connectivity index (χ0v) is 9.20. The Morgan fingerprint density at radius 2 is 2.29 bits per heavy atom. The van der Waals surface area contributed by atoms with E-state index in [-0.39, 0.29) is 0 Å². The molecule has 1 saturated carbocycles. The van der Waals surface area contributed by atoms with Crippen LogP contribution in [0.25, 0.3) is 0 Å². The van der Waals surface area contributed by atoms with Crippen LogP contribution in [0, 0.1) is 11.8 Å². The molecule has 0 aromatic carbocycles. The summed E-state index contributed by atoms with van der Waals surface area (Å²) in [6, 6.07) is 0.469. The summed E-state index contributed by atoms with van der Waals surface area (Å²) in [7, 11) is 4.01. The van der Waals surface area contributed by atoms with Crippen molar-refractivity contribution >= 4 is 0 Å². The Balaban J connectivity index is 2.11. The molecule has 1 fully saturated rings. The maximum Gasteiger partial charge on any atom is 0.0537 e. The highest BCUT2D eigenvalue weighted by Gasteiger charge is 2.33. The third-order valence-electron chi connectivity index (χ3n) is 3.29. The molecule has 3 nitrogen and oxygen atoms in total. The second-order valence-electron chi connectivity index (χ2n) is 4.41. The van der Waals surface area contributed by atoms with Crippen molar-refractivity contribution < 1.29 is 0 Å². The normalized spacial score (nSPS) is 20.8. The first-order chi connectivity index (χ1) is 6.72. The van der Waals surface area contributed by atoms with Gasteiger partial charge in [0.05, 0.1) is 6.20 Å². The van der Waals surface area contributed by atoms with Crippen LogP contribution >= 0.6 is 0 Å². The van der Waals surface area contributed by atoms with Crippen LogP contribution in [0.5, 0.6) is 0 Å². The SMILES string of the molecule is CNC(c1cnn(C)c1)C(C)C1CC1. The van der Waals surface area contributed by atoms with Gasteiger partial charge in [-0.25, -0.2) is 0 Å². The molecule has 14 heavy (non-hydrogen) atoms. The second-order valence-corrected chi connectivity index (χ2v) is 4.41. The summed E-state index contributed by atoms with van der Waals surface area (Å²) in [6.07, 6.45) is 6.89. The Labute approximate surface area is 85.5 Å². The van der Waals surface area contributed by atoms with Gasteiger partial charge in [-0.05, 0) is 31.7 Å². The van der Waals surface area contributed by atoms with Crippen molar-refractivity contribution in [2.45, 2.75) is 25.8 Å². The van der Waals surface area contributed by atoms with E-state index in [1.54, 1.807) is 0 Å². The summed E-state index contributed by atoms with van der Waals surface area (Å²) in [6.45, 7) is 2.34. The Morgan fingerprint density at radius 1 is 1.57 bits per heavy atom. The van der Waals surface area contributed by atoms with Gasteiger partial charge in [-0.2, -0.15) is 5.10 Å². The third kappa shape index (κ3) is 1.82. The molecule has 1 aromatic rings. The third-order valence-corrected chi connectivity index (χ3v) is 3.29. The van der Waals surface area contributed by atoms with Crippen molar-refractivity contribution in [2.24, 2.45) is 18.9 Å². The van der Waals surface area contributed by atoms with Crippen LogP contribution in [0.4, 0.5) is 0 Å². The molecule has 0 aliphatic heterocycles. The molecule has 78 valence electrons. The molecule has 1 heterocycles. The fourth-order valence-electron chi connectivity index (χ4n) is 2.23. The first kappa shape index (κ1) is 9.71. The van der Waals surface area contributed by atoms with Gasteiger partial charge in [0.2, 0.25) is 0 Å². The minimum atomic E-state index is 0.469. The average Bonchev–Trinajstić information content (AvgIpc) is 2.92. The predicted octanol–water partition coefficient (Wildman–Crippen LogP) is 1.73. The lowest BCUT2D eigenvalue weighted by molar-refractivity contribution is 0.369. The van der Waals surface area contributed by atoms with Gasteiger partial charge in [0.1, 0.15) is 0 Å². The van der Waals surface area contributed by atoms with E-state index in [1.165, 1.54) is 18.4 Å². The number of nitrogens with one attached hydrogen (secondary N) is 1. The second kappa shape index (κ2) is 3.73. The molecule has 1 aromatic heterocycles. The highest BCUT2D eigenvalue weighted by Crippen LogP contribution is 2.42. The largest absolute Gasteiger partial charge is 0.313 e. The Morgan fingerprint density at radius 3 is 2.71 bits per heavy atom. The van der Waals surface area contributed by atoms with Gasteiger partial charge >= 0.3 is 0 Å². The Kier molecular flexibility index (Phi) is 2.59. The molecular weight excluding hydrogens is 174 g/mol. The minimum Gasteiger partial charge on any atom is -0.313 e. The summed E-state index contributed by atoms with van der Waals surface area (Å²) in [5.41, 5.74) is 1.31. The van der Waals surface area contributed by atoms with E-state index in [1.807, 2.05) is 25.0 Å². The minimum absolute atomic E-state index is 0.469. The lowest BCUT2D eigenvalue weighted by Crippen LogP contribution is -2.24. The summed E-state index contributed by atoms with van der Waals surface area (Å²) in [5, 5.41) is 7.62. The molecule has 0 bridgehead atoms. The zero-order chi connectivity index (χ0) is 10.1. The summed E-state index contributed by atoms with van der Waals surface area (Å²) < 4.78 is 1.87. The van der Waals surface area contributed by atoms with E-state index in [9.17, 15) is 0 Å². The fourth-order valence-corrected chi connectivity index (χ4v) is 2.23. The van der Waals surface area contributed by atoms with Crippen LogP contribution in [-0.4, -0.2) is 16.8 Å². The first-order valence-corrected chi connectivity index (χ1v) is 5.38. The summed E-state index contributed by atoms with van der Waals surface area (Å²) in [5.74, 6) is 1.65. The van der Waals surface area contributed by atoms with Gasteiger partial charge in [-0.15, -0.1) is 0 Å². The van der Waals surface area contributed by atoms with Gasteiger partial charge in [0.25, 0.3) is 0 Å². The number of hydrogen-bond donors (Lipinski definition) is 1. The van der Waals surface area contributed by atoms with Crippen LogP contribution in [0.2, 0.25) is 0 Å². The Bertz CT molecular complexity index is 301. The van der Waals surface area contributed by atoms with Gasteiger partial charge in [0.15, 0.2) is 0 Å². The molecule has 0 amide bonds. The quantitative estimate of drug-likeness (QED) is 0.789. The molecule has 2 unspecified atom stereocenters. The smallest absolute Gasteiger partial charge is 0.0537 e. The maximum atomic E-state index is 4.22. The standard InChI is InChI=1S/C11H19N3/c1-8(9-4-5-9)11(12-2)10-6-13-14(3)7-10/h6-9,11-12H,4-5H2,1-3H3. The van der Waals surface area contributed by atoms with Crippen molar-refractivity contribution in [2.75, 3.05) is 7.05 Å². The van der Waals surface area contributed by atoms with Crippen molar-refractivity contribution in [1.29, 1.82) is 0 Å². The predicted molar refractivity (Wildman–Crippen MR) is 56.9 cm³/mol. The average molecular weight is 193 g/mol. The van der Waals surface area contributed by atoms with Crippen molar-refractivity contribution in [3.8, 4) is 0 Å². The van der Waals surface area contributed by atoms with E-state index < -0.39 is 0 Å². The first-order valence-electron chi connectivity index (χ1n) is 5.38. The van der Waals surface area contributed by atoms with Gasteiger partial charge in [-0.3, -0.25) is 4.68 Å². The topological polar surface area (TPSA) is 29.9 Å². The number of hydrogen-bond acceptors (Lipinski definition) is 2. The molecule has 0 spiro atoms. The van der Waals surface area contributed by atoms with Crippen molar-refractivity contribution in [3.05, 3.63) is 18.0 Å². The lowest BCUT2D eigenvalue weighted by Gasteiger charge is -2.22. The van der Waals surface area contributed by atoms with E-state index in [0.717, 1.165) is 11.8 Å². The molecule has 2 atom stereocenters. The number of rotatable bonds is 4. The van der Waals surface area contributed by atoms with Crippen molar-refractivity contribution in [3.63, 3.8) is 0 Å². The van der Waals surface area contributed by atoms with Crippen LogP contribution in [0.1, 0.15) is 31.4 Å². The van der Waals surface area contributed by atoms with E-state index in [2.05, 4.69) is 23.5 Å². The molecule has 1 aliphatic rings. The maximum absolute atomic E-state index is 4.22. The van der Waals surface area contributed by atoms with Gasteiger partial charge in [-0.1, -0.05) is 6.92 Å². The van der Waals surface area contributed by atoms with Crippen LogP contribution < -0.4 is 5.32 Å². The van der Waals surface area contributed by atoms with Crippen molar-refractivity contribution in [1.82, 2.24) is 15.1 Å². The zero-order valence-electron chi connectivity index (χ0n) is 9.20. The van der Waals surface area contributed by atoms with Gasteiger partial charge < -0.3 is 5.32 Å². The molecule has 1 aliphatic carbocycles. The summed E-state index contributed by atoms with van der Waals surface area (Å²) >= 11 is 0. The van der Waals surface area contributed by atoms with E-state index >= 15 is 0 Å². The number of aryl methyl sites for hydroxylation is 1. The molecule has 0 radical (unpaired) electrons. The molecule has 1 N–H and O–H groups in total. The fraction of sp³-hybridized carbons (Fsp3) is 0.727. The van der Waals surface area contributed by atoms with Crippen LogP contribution in [-0.2, 0) is 7.05 Å². The Hall–Kier alpha value is -0.830. The lowest BCUT2D eigenvalue weighted by atomic mass is 9.93. The van der Waals surface area contributed by atoms with E-state index in [4.69, 9.17) is 0 Å². The molecule has 3 heteroatoms. The van der Waals surface area contributed by atoms with Crippen LogP contribution in [0.3, 0.4) is 0 Å². The number of nitrogens with zero attached hydrogens (tertiary/aromatic N) is 2. The molecular formula is C11H19N3. The highest BCUT2D eigenvalue weighted by molar-refractivity contribution is 5.12. The number of aromatic nitrogens is 2.